The summed E-state index contributed by atoms with van der Waals surface area (Å²) < 4.78 is 31.3. The van der Waals surface area contributed by atoms with E-state index in [9.17, 15) is 13.2 Å². The van der Waals surface area contributed by atoms with E-state index in [1.165, 1.54) is 31.4 Å². The summed E-state index contributed by atoms with van der Waals surface area (Å²) in [5.41, 5.74) is 0.453. The average Bonchev–Trinajstić information content (AvgIpc) is 2.61. The molecule has 1 amide bonds. The van der Waals surface area contributed by atoms with Crippen LogP contribution >= 0.6 is 0 Å². The standard InChI is InChI=1S/C16H25N3O4S/c1-23-10-9-19-24(21,22)15-6-4-14(5-7-15)16(20)18-12-13-3-2-8-17-11-13/h4-7,13,17,19H,2-3,8-12H2,1H3,(H,18,20). The maximum atomic E-state index is 12.1. The fourth-order valence-corrected chi connectivity index (χ4v) is 3.60. The van der Waals surface area contributed by atoms with Gasteiger partial charge in [-0.05, 0) is 56.1 Å². The molecule has 1 unspecified atom stereocenters. The Kier molecular flexibility index (Phi) is 7.16. The number of nitrogens with one attached hydrogen (secondary N) is 3. The van der Waals surface area contributed by atoms with Crippen molar-refractivity contribution in [1.82, 2.24) is 15.4 Å². The quantitative estimate of drug-likeness (QED) is 0.585. The first-order valence-electron chi connectivity index (χ1n) is 8.10. The molecule has 8 heteroatoms. The monoisotopic (exact) mass is 355 g/mol. The van der Waals surface area contributed by atoms with Crippen molar-refractivity contribution < 1.29 is 17.9 Å². The topological polar surface area (TPSA) is 96.5 Å². The second kappa shape index (κ2) is 9.12. The summed E-state index contributed by atoms with van der Waals surface area (Å²) in [6, 6.07) is 5.93. The van der Waals surface area contributed by atoms with Crippen LogP contribution in [0.4, 0.5) is 0 Å². The van der Waals surface area contributed by atoms with Gasteiger partial charge in [-0.25, -0.2) is 13.1 Å². The first-order valence-corrected chi connectivity index (χ1v) is 9.59. The molecule has 0 aromatic heterocycles. The van der Waals surface area contributed by atoms with Gasteiger partial charge in [0.1, 0.15) is 0 Å². The number of rotatable bonds is 8. The zero-order valence-corrected chi connectivity index (χ0v) is 14.7. The highest BCUT2D eigenvalue weighted by Crippen LogP contribution is 2.12. The highest BCUT2D eigenvalue weighted by Gasteiger charge is 2.16. The zero-order valence-electron chi connectivity index (χ0n) is 13.9. The lowest BCUT2D eigenvalue weighted by atomic mass is 10.00. The molecule has 7 nitrogen and oxygen atoms in total. The molecule has 1 saturated heterocycles. The summed E-state index contributed by atoms with van der Waals surface area (Å²) in [6.45, 7) is 3.10. The molecule has 1 aliphatic rings. The Bertz CT molecular complexity index is 625. The van der Waals surface area contributed by atoms with E-state index in [0.717, 1.165) is 25.9 Å². The molecule has 1 aromatic carbocycles. The maximum absolute atomic E-state index is 12.1. The maximum Gasteiger partial charge on any atom is 0.251 e. The summed E-state index contributed by atoms with van der Waals surface area (Å²) in [4.78, 5) is 12.3. The van der Waals surface area contributed by atoms with Gasteiger partial charge in [-0.1, -0.05) is 0 Å². The molecule has 2 rings (SSSR count). The molecule has 1 aliphatic heterocycles. The number of benzene rings is 1. The highest BCUT2D eigenvalue weighted by atomic mass is 32.2. The van der Waals surface area contributed by atoms with Gasteiger partial charge in [0.25, 0.3) is 5.91 Å². The minimum atomic E-state index is -3.57. The SMILES string of the molecule is COCCNS(=O)(=O)c1ccc(C(=O)NCC2CCCNC2)cc1. The van der Waals surface area contributed by atoms with E-state index in [2.05, 4.69) is 15.4 Å². The van der Waals surface area contributed by atoms with Crippen molar-refractivity contribution in [2.24, 2.45) is 5.92 Å². The number of methoxy groups -OCH3 is 1. The third-order valence-electron chi connectivity index (χ3n) is 3.98. The molecule has 1 fully saturated rings. The van der Waals surface area contributed by atoms with Crippen molar-refractivity contribution in [3.8, 4) is 0 Å². The van der Waals surface area contributed by atoms with E-state index in [4.69, 9.17) is 4.74 Å². The number of piperidine rings is 1. The van der Waals surface area contributed by atoms with Crippen LogP contribution in [-0.4, -0.2) is 54.2 Å². The second-order valence-electron chi connectivity index (χ2n) is 5.84. The predicted molar refractivity (Wildman–Crippen MR) is 91.4 cm³/mol. The van der Waals surface area contributed by atoms with Gasteiger partial charge in [-0.2, -0.15) is 0 Å². The summed E-state index contributed by atoms with van der Waals surface area (Å²) in [5, 5.41) is 6.22. The first-order chi connectivity index (χ1) is 11.5. The van der Waals surface area contributed by atoms with E-state index >= 15 is 0 Å². The van der Waals surface area contributed by atoms with Crippen LogP contribution in [0.1, 0.15) is 23.2 Å². The number of hydrogen-bond acceptors (Lipinski definition) is 5. The van der Waals surface area contributed by atoms with E-state index in [-0.39, 0.29) is 17.3 Å². The van der Waals surface area contributed by atoms with Crippen LogP contribution in [0.15, 0.2) is 29.2 Å². The Hall–Kier alpha value is -1.48. The number of amides is 1. The second-order valence-corrected chi connectivity index (χ2v) is 7.60. The summed E-state index contributed by atoms with van der Waals surface area (Å²) in [7, 11) is -2.07. The van der Waals surface area contributed by atoms with Gasteiger partial charge in [-0.15, -0.1) is 0 Å². The van der Waals surface area contributed by atoms with Gasteiger partial charge in [0.05, 0.1) is 11.5 Å². The third-order valence-corrected chi connectivity index (χ3v) is 5.45. The minimum Gasteiger partial charge on any atom is -0.383 e. The zero-order chi connectivity index (χ0) is 17.4. The van der Waals surface area contributed by atoms with Gasteiger partial charge >= 0.3 is 0 Å². The van der Waals surface area contributed by atoms with Crippen molar-refractivity contribution in [1.29, 1.82) is 0 Å². The number of ether oxygens (including phenoxy) is 1. The Morgan fingerprint density at radius 1 is 1.33 bits per heavy atom. The molecule has 134 valence electrons. The fraction of sp³-hybridized carbons (Fsp3) is 0.562. The Morgan fingerprint density at radius 2 is 2.08 bits per heavy atom. The van der Waals surface area contributed by atoms with Crippen LogP contribution in [-0.2, 0) is 14.8 Å². The number of carbonyl (C=O) groups is 1. The Labute approximate surface area is 143 Å². The van der Waals surface area contributed by atoms with Crippen LogP contribution in [0.5, 0.6) is 0 Å². The molecule has 0 spiro atoms. The smallest absolute Gasteiger partial charge is 0.251 e. The lowest BCUT2D eigenvalue weighted by molar-refractivity contribution is 0.0944. The van der Waals surface area contributed by atoms with Crippen molar-refractivity contribution in [3.05, 3.63) is 29.8 Å². The van der Waals surface area contributed by atoms with E-state index in [0.29, 0.717) is 24.6 Å². The first kappa shape index (κ1) is 18.9. The largest absolute Gasteiger partial charge is 0.383 e. The van der Waals surface area contributed by atoms with Gasteiger partial charge in [-0.3, -0.25) is 4.79 Å². The molecule has 0 aliphatic carbocycles. The third kappa shape index (κ3) is 5.55. The number of sulfonamides is 1. The van der Waals surface area contributed by atoms with Gasteiger partial charge < -0.3 is 15.4 Å². The molecule has 3 N–H and O–H groups in total. The van der Waals surface area contributed by atoms with Crippen LogP contribution in [0.25, 0.3) is 0 Å². The summed E-state index contributed by atoms with van der Waals surface area (Å²) >= 11 is 0. The van der Waals surface area contributed by atoms with E-state index in [1.807, 2.05) is 0 Å². The molecular weight excluding hydrogens is 330 g/mol. The lowest BCUT2D eigenvalue weighted by Gasteiger charge is -2.22. The van der Waals surface area contributed by atoms with Crippen LogP contribution < -0.4 is 15.4 Å². The Balaban J connectivity index is 1.89. The van der Waals surface area contributed by atoms with Crippen LogP contribution in [0.2, 0.25) is 0 Å². The highest BCUT2D eigenvalue weighted by molar-refractivity contribution is 7.89. The number of hydrogen-bond donors (Lipinski definition) is 3. The van der Waals surface area contributed by atoms with Crippen LogP contribution in [0, 0.1) is 5.92 Å². The van der Waals surface area contributed by atoms with Gasteiger partial charge in [0, 0.05) is 25.8 Å². The summed E-state index contributed by atoms with van der Waals surface area (Å²) in [5.74, 6) is 0.268. The van der Waals surface area contributed by atoms with Crippen molar-refractivity contribution >= 4 is 15.9 Å². The molecule has 0 radical (unpaired) electrons. The minimum absolute atomic E-state index is 0.131. The van der Waals surface area contributed by atoms with E-state index in [1.54, 1.807) is 0 Å². The number of carbonyl (C=O) groups excluding carboxylic acids is 1. The molecule has 0 saturated carbocycles. The molecular formula is C16H25N3O4S. The fourth-order valence-electron chi connectivity index (χ4n) is 2.58. The molecule has 0 bridgehead atoms. The lowest BCUT2D eigenvalue weighted by Crippen LogP contribution is -2.38. The Morgan fingerprint density at radius 3 is 2.71 bits per heavy atom. The van der Waals surface area contributed by atoms with Crippen molar-refractivity contribution in [2.45, 2.75) is 17.7 Å². The molecule has 1 heterocycles. The van der Waals surface area contributed by atoms with Gasteiger partial charge in [0.15, 0.2) is 0 Å². The van der Waals surface area contributed by atoms with E-state index < -0.39 is 10.0 Å². The summed E-state index contributed by atoms with van der Waals surface area (Å²) in [6.07, 6.45) is 2.24. The predicted octanol–water partition coefficient (Wildman–Crippen LogP) is 0.341. The molecule has 1 aromatic rings. The molecule has 1 atom stereocenters. The normalized spacial score (nSPS) is 18.3. The van der Waals surface area contributed by atoms with Crippen LogP contribution in [0.3, 0.4) is 0 Å². The molecule has 24 heavy (non-hydrogen) atoms. The van der Waals surface area contributed by atoms with Gasteiger partial charge in [0.2, 0.25) is 10.0 Å². The van der Waals surface area contributed by atoms with Crippen molar-refractivity contribution in [3.63, 3.8) is 0 Å². The van der Waals surface area contributed by atoms with Crippen molar-refractivity contribution in [2.75, 3.05) is 39.9 Å². The average molecular weight is 355 g/mol.